The first kappa shape index (κ1) is 21.4. The molecule has 8 nitrogen and oxygen atoms in total. The van der Waals surface area contributed by atoms with E-state index >= 15 is 0 Å². The first-order chi connectivity index (χ1) is 15.3. The van der Waals surface area contributed by atoms with E-state index in [2.05, 4.69) is 31.9 Å². The van der Waals surface area contributed by atoms with Crippen molar-refractivity contribution in [2.75, 3.05) is 30.4 Å². The Morgan fingerprint density at radius 1 is 1.22 bits per heavy atom. The molecule has 0 unspecified atom stereocenters. The van der Waals surface area contributed by atoms with E-state index in [-0.39, 0.29) is 0 Å². The van der Waals surface area contributed by atoms with Gasteiger partial charge in [-0.15, -0.1) is 0 Å². The normalized spacial score (nSPS) is 22.7. The molecule has 0 bridgehead atoms. The molecule has 0 spiro atoms. The molecule has 3 heterocycles. The number of fused-ring (bicyclic) bond motifs is 1. The van der Waals surface area contributed by atoms with E-state index in [1.54, 1.807) is 13.3 Å². The Bertz CT molecular complexity index is 1130. The quantitative estimate of drug-likeness (QED) is 0.593. The van der Waals surface area contributed by atoms with Gasteiger partial charge in [0.05, 0.1) is 51.6 Å². The van der Waals surface area contributed by atoms with Crippen LogP contribution in [0.15, 0.2) is 24.5 Å². The van der Waals surface area contributed by atoms with Gasteiger partial charge < -0.3 is 20.1 Å². The van der Waals surface area contributed by atoms with Gasteiger partial charge in [0.25, 0.3) is 0 Å². The van der Waals surface area contributed by atoms with Crippen molar-refractivity contribution in [1.82, 2.24) is 19.7 Å². The summed E-state index contributed by atoms with van der Waals surface area (Å²) in [5.74, 6) is 0.526. The number of nitrogens with one attached hydrogen (secondary N) is 1. The first-order valence-electron chi connectivity index (χ1n) is 11.1. The third kappa shape index (κ3) is 4.02. The summed E-state index contributed by atoms with van der Waals surface area (Å²) in [5, 5.41) is 19.7. The molecule has 9 heteroatoms. The van der Waals surface area contributed by atoms with Gasteiger partial charge >= 0.3 is 0 Å². The lowest BCUT2D eigenvalue weighted by Crippen LogP contribution is -2.42. The molecule has 1 saturated carbocycles. The van der Waals surface area contributed by atoms with Crippen molar-refractivity contribution in [2.24, 2.45) is 0 Å². The monoisotopic (exact) mass is 456 g/mol. The van der Waals surface area contributed by atoms with Gasteiger partial charge in [-0.05, 0) is 51.7 Å². The highest BCUT2D eigenvalue weighted by atomic mass is 35.5. The molecule has 1 aliphatic carbocycles. The Morgan fingerprint density at radius 3 is 2.69 bits per heavy atom. The number of ether oxygens (including phenoxy) is 1. The molecule has 1 aliphatic heterocycles. The first-order valence-corrected chi connectivity index (χ1v) is 11.5. The number of rotatable bonds is 5. The molecular formula is C23H29ClN6O2. The summed E-state index contributed by atoms with van der Waals surface area (Å²) < 4.78 is 7.45. The van der Waals surface area contributed by atoms with Crippen molar-refractivity contribution in [2.45, 2.75) is 57.3 Å². The van der Waals surface area contributed by atoms with Crippen LogP contribution < -0.4 is 10.2 Å². The van der Waals surface area contributed by atoms with E-state index in [9.17, 15) is 5.11 Å². The molecule has 0 atom stereocenters. The van der Waals surface area contributed by atoms with Crippen LogP contribution in [0.3, 0.4) is 0 Å². The maximum absolute atomic E-state index is 10.3. The van der Waals surface area contributed by atoms with Crippen molar-refractivity contribution in [1.29, 1.82) is 0 Å². The van der Waals surface area contributed by atoms with E-state index in [1.807, 2.05) is 25.3 Å². The van der Waals surface area contributed by atoms with Gasteiger partial charge in [-0.1, -0.05) is 11.6 Å². The van der Waals surface area contributed by atoms with Crippen LogP contribution in [0.2, 0.25) is 5.02 Å². The Balaban J connectivity index is 1.37. The van der Waals surface area contributed by atoms with Gasteiger partial charge in [0.15, 0.2) is 0 Å². The van der Waals surface area contributed by atoms with Crippen molar-refractivity contribution in [3.05, 3.63) is 35.2 Å². The average Bonchev–Trinajstić information content (AvgIpc) is 3.07. The van der Waals surface area contributed by atoms with Crippen LogP contribution in [0.25, 0.3) is 10.9 Å². The average molecular weight is 457 g/mol. The SMILES string of the molecule is COC1CC(n2ncc(Nc3ncc4cc(Cl)c(N5CCC(C)(O)CC5)cc4n3)c2C)C1. The number of aromatic nitrogens is 4. The van der Waals surface area contributed by atoms with Crippen LogP contribution in [0.5, 0.6) is 0 Å². The molecular weight excluding hydrogens is 428 g/mol. The van der Waals surface area contributed by atoms with Crippen LogP contribution >= 0.6 is 11.6 Å². The third-order valence-electron chi connectivity index (χ3n) is 6.87. The van der Waals surface area contributed by atoms with Crippen molar-refractivity contribution in [3.63, 3.8) is 0 Å². The minimum atomic E-state index is -0.606. The number of anilines is 3. The number of piperidine rings is 1. The zero-order valence-electron chi connectivity index (χ0n) is 18.7. The number of hydrogen-bond acceptors (Lipinski definition) is 7. The summed E-state index contributed by atoms with van der Waals surface area (Å²) in [6.45, 7) is 5.47. The van der Waals surface area contributed by atoms with Gasteiger partial charge in [0.1, 0.15) is 0 Å². The third-order valence-corrected chi connectivity index (χ3v) is 7.17. The van der Waals surface area contributed by atoms with Crippen LogP contribution in [0, 0.1) is 6.92 Å². The zero-order valence-corrected chi connectivity index (χ0v) is 19.4. The maximum atomic E-state index is 10.3. The fourth-order valence-electron chi connectivity index (χ4n) is 4.54. The minimum Gasteiger partial charge on any atom is -0.390 e. The molecule has 2 aromatic heterocycles. The largest absolute Gasteiger partial charge is 0.390 e. The molecule has 1 saturated heterocycles. The summed E-state index contributed by atoms with van der Waals surface area (Å²) >= 11 is 6.58. The number of methoxy groups -OCH3 is 1. The topological polar surface area (TPSA) is 88.3 Å². The summed E-state index contributed by atoms with van der Waals surface area (Å²) in [4.78, 5) is 11.4. The lowest BCUT2D eigenvalue weighted by Gasteiger charge is -2.37. The highest BCUT2D eigenvalue weighted by molar-refractivity contribution is 6.34. The molecule has 2 N–H and O–H groups in total. The molecule has 1 aromatic carbocycles. The number of aliphatic hydroxyl groups is 1. The summed E-state index contributed by atoms with van der Waals surface area (Å²) in [5.41, 5.74) is 3.13. The van der Waals surface area contributed by atoms with E-state index in [0.717, 1.165) is 53.9 Å². The van der Waals surface area contributed by atoms with E-state index in [4.69, 9.17) is 21.3 Å². The second-order valence-corrected chi connectivity index (χ2v) is 9.64. The summed E-state index contributed by atoms with van der Waals surface area (Å²) in [7, 11) is 1.76. The van der Waals surface area contributed by atoms with Gasteiger partial charge in [-0.25, -0.2) is 9.97 Å². The van der Waals surface area contributed by atoms with Crippen LogP contribution in [0.4, 0.5) is 17.3 Å². The predicted molar refractivity (Wildman–Crippen MR) is 126 cm³/mol. The molecule has 170 valence electrons. The van der Waals surface area contributed by atoms with E-state index in [0.29, 0.717) is 36.0 Å². The molecule has 2 fully saturated rings. The van der Waals surface area contributed by atoms with Crippen LogP contribution in [0.1, 0.15) is 44.3 Å². The van der Waals surface area contributed by atoms with Gasteiger partial charge in [-0.2, -0.15) is 5.10 Å². The van der Waals surface area contributed by atoms with Crippen LogP contribution in [-0.4, -0.2) is 56.8 Å². The molecule has 5 rings (SSSR count). The van der Waals surface area contributed by atoms with Crippen LogP contribution in [-0.2, 0) is 4.74 Å². The molecule has 0 radical (unpaired) electrons. The lowest BCUT2D eigenvalue weighted by atomic mass is 9.89. The predicted octanol–water partition coefficient (Wildman–Crippen LogP) is 4.23. The molecule has 3 aromatic rings. The Hall–Kier alpha value is -2.42. The highest BCUT2D eigenvalue weighted by Crippen LogP contribution is 2.37. The van der Waals surface area contributed by atoms with Gasteiger partial charge in [-0.3, -0.25) is 4.68 Å². The zero-order chi connectivity index (χ0) is 22.5. The van der Waals surface area contributed by atoms with Gasteiger partial charge in [0, 0.05) is 31.8 Å². The summed E-state index contributed by atoms with van der Waals surface area (Å²) in [6.07, 6.45) is 7.35. The smallest absolute Gasteiger partial charge is 0.227 e. The lowest BCUT2D eigenvalue weighted by molar-refractivity contribution is 0.00191. The number of halogens is 1. The summed E-state index contributed by atoms with van der Waals surface area (Å²) in [6, 6.07) is 4.30. The Labute approximate surface area is 192 Å². The fourth-order valence-corrected chi connectivity index (χ4v) is 4.83. The van der Waals surface area contributed by atoms with Crippen molar-refractivity contribution in [3.8, 4) is 0 Å². The van der Waals surface area contributed by atoms with E-state index < -0.39 is 5.60 Å². The number of nitrogens with zero attached hydrogens (tertiary/aromatic N) is 5. The molecule has 2 aliphatic rings. The maximum Gasteiger partial charge on any atom is 0.227 e. The second kappa shape index (κ2) is 8.17. The van der Waals surface area contributed by atoms with Crippen molar-refractivity contribution < 1.29 is 9.84 Å². The standard InChI is InChI=1S/C23H29ClN6O2/c1-14-20(13-26-30(14)16-9-17(10-16)32-3)28-22-25-12-15-8-18(24)21(11-19(15)27-22)29-6-4-23(2,31)5-7-29/h8,11-13,16-17,31H,4-7,9-10H2,1-3H3,(H,25,27,28). The highest BCUT2D eigenvalue weighted by Gasteiger charge is 2.32. The number of hydrogen-bond donors (Lipinski definition) is 2. The Morgan fingerprint density at radius 2 is 1.97 bits per heavy atom. The molecule has 32 heavy (non-hydrogen) atoms. The van der Waals surface area contributed by atoms with Gasteiger partial charge in [0.2, 0.25) is 5.95 Å². The fraction of sp³-hybridized carbons (Fsp3) is 0.522. The Kier molecular flexibility index (Phi) is 5.47. The number of benzene rings is 1. The van der Waals surface area contributed by atoms with Crippen molar-refractivity contribution >= 4 is 39.8 Å². The minimum absolute atomic E-state index is 0.330. The van der Waals surface area contributed by atoms with E-state index in [1.165, 1.54) is 0 Å². The second-order valence-electron chi connectivity index (χ2n) is 9.24. The molecule has 0 amide bonds.